The molecular formula is C11H6BrIN2O2S. The monoisotopic (exact) mass is 436 g/mol. The van der Waals surface area contributed by atoms with E-state index in [9.17, 15) is 4.79 Å². The van der Waals surface area contributed by atoms with Crippen LogP contribution in [0.15, 0.2) is 45.1 Å². The molecule has 0 unspecified atom stereocenters. The molecule has 0 spiro atoms. The summed E-state index contributed by atoms with van der Waals surface area (Å²) < 4.78 is 1.72. The lowest BCUT2D eigenvalue weighted by Gasteiger charge is -2.06. The van der Waals surface area contributed by atoms with Crippen LogP contribution in [0.25, 0.3) is 0 Å². The molecule has 0 saturated carbocycles. The van der Waals surface area contributed by atoms with Crippen LogP contribution in [0.4, 0.5) is 0 Å². The van der Waals surface area contributed by atoms with Gasteiger partial charge in [0.2, 0.25) is 0 Å². The summed E-state index contributed by atoms with van der Waals surface area (Å²) >= 11 is 6.77. The van der Waals surface area contributed by atoms with Gasteiger partial charge in [-0.05, 0) is 40.8 Å². The van der Waals surface area contributed by atoms with Crippen molar-refractivity contribution in [2.24, 2.45) is 0 Å². The van der Waals surface area contributed by atoms with Crippen LogP contribution in [0.2, 0.25) is 0 Å². The summed E-state index contributed by atoms with van der Waals surface area (Å²) in [7, 11) is 0. The van der Waals surface area contributed by atoms with Crippen LogP contribution in [-0.2, 0) is 0 Å². The van der Waals surface area contributed by atoms with E-state index in [4.69, 9.17) is 5.11 Å². The number of halogens is 2. The number of carbonyl (C=O) groups is 1. The van der Waals surface area contributed by atoms with E-state index in [0.29, 0.717) is 4.90 Å². The largest absolute Gasteiger partial charge is 0.478 e. The Morgan fingerprint density at radius 3 is 2.89 bits per heavy atom. The molecule has 4 nitrogen and oxygen atoms in total. The van der Waals surface area contributed by atoms with E-state index in [-0.39, 0.29) is 5.56 Å². The molecule has 1 N–H and O–H groups in total. The van der Waals surface area contributed by atoms with Gasteiger partial charge in [0.15, 0.2) is 0 Å². The van der Waals surface area contributed by atoms with Crippen molar-refractivity contribution >= 4 is 56.3 Å². The molecule has 1 heterocycles. The Hall–Kier alpha value is -0.670. The van der Waals surface area contributed by atoms with Gasteiger partial charge in [-0.2, -0.15) is 0 Å². The highest BCUT2D eigenvalue weighted by Crippen LogP contribution is 2.33. The molecule has 0 fully saturated rings. The zero-order valence-corrected chi connectivity index (χ0v) is 13.4. The molecule has 0 saturated heterocycles. The highest BCUT2D eigenvalue weighted by atomic mass is 127. The fourth-order valence-corrected chi connectivity index (χ4v) is 3.29. The molecule has 0 radical (unpaired) electrons. The minimum atomic E-state index is -0.950. The third kappa shape index (κ3) is 3.21. The third-order valence-corrected chi connectivity index (χ3v) is 4.74. The van der Waals surface area contributed by atoms with Gasteiger partial charge in [-0.1, -0.05) is 27.7 Å². The van der Waals surface area contributed by atoms with Crippen molar-refractivity contribution in [3.05, 3.63) is 44.3 Å². The summed E-state index contributed by atoms with van der Waals surface area (Å²) in [5.41, 5.74) is 0.262. The Bertz CT molecular complexity index is 609. The Balaban J connectivity index is 2.42. The molecule has 0 atom stereocenters. The topological polar surface area (TPSA) is 63.1 Å². The number of carboxylic acid groups (broad SMARTS) is 1. The maximum Gasteiger partial charge on any atom is 0.336 e. The molecule has 92 valence electrons. The van der Waals surface area contributed by atoms with Gasteiger partial charge in [-0.3, -0.25) is 0 Å². The fraction of sp³-hybridized carbons (Fsp3) is 0. The average molecular weight is 437 g/mol. The standard InChI is InChI=1S/C11H6BrIN2O2S/c12-6-1-2-7(11(16)17)9(3-6)18-10-8(13)4-14-5-15-10/h1-5H,(H,16,17). The summed E-state index contributed by atoms with van der Waals surface area (Å²) in [4.78, 5) is 19.8. The second kappa shape index (κ2) is 5.98. The van der Waals surface area contributed by atoms with Gasteiger partial charge >= 0.3 is 5.97 Å². The lowest BCUT2D eigenvalue weighted by Crippen LogP contribution is -1.99. The Morgan fingerprint density at radius 1 is 1.44 bits per heavy atom. The van der Waals surface area contributed by atoms with Crippen molar-refractivity contribution in [2.75, 3.05) is 0 Å². The predicted molar refractivity (Wildman–Crippen MR) is 80.0 cm³/mol. The maximum absolute atomic E-state index is 11.1. The van der Waals surface area contributed by atoms with Gasteiger partial charge in [0.05, 0.1) is 9.13 Å². The summed E-state index contributed by atoms with van der Waals surface area (Å²) in [6.45, 7) is 0. The van der Waals surface area contributed by atoms with Gasteiger partial charge < -0.3 is 5.11 Å². The molecule has 18 heavy (non-hydrogen) atoms. The first-order valence-electron chi connectivity index (χ1n) is 4.74. The van der Waals surface area contributed by atoms with E-state index in [2.05, 4.69) is 48.5 Å². The van der Waals surface area contributed by atoms with Crippen LogP contribution in [-0.4, -0.2) is 21.0 Å². The molecule has 7 heteroatoms. The molecule has 2 rings (SSSR count). The second-order valence-corrected chi connectivity index (χ2v) is 6.33. The van der Waals surface area contributed by atoms with E-state index in [1.807, 2.05) is 0 Å². The number of hydrogen-bond acceptors (Lipinski definition) is 4. The normalized spacial score (nSPS) is 10.3. The van der Waals surface area contributed by atoms with Gasteiger partial charge in [0, 0.05) is 15.6 Å². The molecule has 0 bridgehead atoms. The van der Waals surface area contributed by atoms with Crippen molar-refractivity contribution in [2.45, 2.75) is 9.92 Å². The van der Waals surface area contributed by atoms with E-state index in [1.165, 1.54) is 18.1 Å². The van der Waals surface area contributed by atoms with Crippen LogP contribution in [0.3, 0.4) is 0 Å². The average Bonchev–Trinajstić information content (AvgIpc) is 2.32. The molecule has 0 amide bonds. The first-order valence-corrected chi connectivity index (χ1v) is 7.43. The number of benzene rings is 1. The molecular weight excluding hydrogens is 431 g/mol. The Kier molecular flexibility index (Phi) is 4.57. The third-order valence-electron chi connectivity index (χ3n) is 2.01. The minimum absolute atomic E-state index is 0.262. The van der Waals surface area contributed by atoms with Crippen LogP contribution in [0, 0.1) is 3.57 Å². The zero-order valence-electron chi connectivity index (χ0n) is 8.80. The van der Waals surface area contributed by atoms with Crippen LogP contribution in [0.1, 0.15) is 10.4 Å². The van der Waals surface area contributed by atoms with Gasteiger partial charge in [-0.25, -0.2) is 14.8 Å². The van der Waals surface area contributed by atoms with E-state index >= 15 is 0 Å². The number of rotatable bonds is 3. The number of nitrogens with zero attached hydrogens (tertiary/aromatic N) is 2. The molecule has 0 aliphatic heterocycles. The minimum Gasteiger partial charge on any atom is -0.478 e. The molecule has 1 aromatic carbocycles. The van der Waals surface area contributed by atoms with Crippen molar-refractivity contribution in [3.8, 4) is 0 Å². The fourth-order valence-electron chi connectivity index (χ4n) is 1.24. The van der Waals surface area contributed by atoms with E-state index in [1.54, 1.807) is 24.4 Å². The number of carboxylic acids is 1. The van der Waals surface area contributed by atoms with Crippen molar-refractivity contribution in [1.29, 1.82) is 0 Å². The SMILES string of the molecule is O=C(O)c1ccc(Br)cc1Sc1ncncc1I. The first kappa shape index (κ1) is 13.8. The van der Waals surface area contributed by atoms with Crippen LogP contribution < -0.4 is 0 Å². The summed E-state index contributed by atoms with van der Waals surface area (Å²) in [5.74, 6) is -0.950. The smallest absolute Gasteiger partial charge is 0.336 e. The van der Waals surface area contributed by atoms with E-state index in [0.717, 1.165) is 13.1 Å². The van der Waals surface area contributed by atoms with Crippen molar-refractivity contribution < 1.29 is 9.90 Å². The summed E-state index contributed by atoms with van der Waals surface area (Å²) in [5, 5.41) is 9.88. The zero-order chi connectivity index (χ0) is 13.1. The number of hydrogen-bond donors (Lipinski definition) is 1. The molecule has 1 aromatic heterocycles. The number of aromatic nitrogens is 2. The second-order valence-electron chi connectivity index (χ2n) is 3.22. The molecule has 0 aliphatic rings. The first-order chi connectivity index (χ1) is 8.58. The maximum atomic E-state index is 11.1. The van der Waals surface area contributed by atoms with Crippen LogP contribution >= 0.6 is 50.3 Å². The van der Waals surface area contributed by atoms with Gasteiger partial charge in [-0.15, -0.1) is 0 Å². The lowest BCUT2D eigenvalue weighted by atomic mass is 10.2. The van der Waals surface area contributed by atoms with Crippen LogP contribution in [0.5, 0.6) is 0 Å². The quantitative estimate of drug-likeness (QED) is 0.587. The van der Waals surface area contributed by atoms with E-state index < -0.39 is 5.97 Å². The highest BCUT2D eigenvalue weighted by Gasteiger charge is 2.13. The Morgan fingerprint density at radius 2 is 2.22 bits per heavy atom. The highest BCUT2D eigenvalue weighted by molar-refractivity contribution is 14.1. The lowest BCUT2D eigenvalue weighted by molar-refractivity contribution is 0.0693. The Labute approximate surface area is 130 Å². The molecule has 2 aromatic rings. The summed E-state index contributed by atoms with van der Waals surface area (Å²) in [6.07, 6.45) is 3.14. The van der Waals surface area contributed by atoms with Gasteiger partial charge in [0.1, 0.15) is 11.4 Å². The van der Waals surface area contributed by atoms with Gasteiger partial charge in [0.25, 0.3) is 0 Å². The summed E-state index contributed by atoms with van der Waals surface area (Å²) in [6, 6.07) is 5.05. The number of aromatic carboxylic acids is 1. The predicted octanol–water partition coefficient (Wildman–Crippen LogP) is 3.69. The van der Waals surface area contributed by atoms with Crippen molar-refractivity contribution in [1.82, 2.24) is 9.97 Å². The van der Waals surface area contributed by atoms with Crippen molar-refractivity contribution in [3.63, 3.8) is 0 Å². The molecule has 0 aliphatic carbocycles.